The predicted molar refractivity (Wildman–Crippen MR) is 16.1 cm³/mol. The molecule has 0 heterocycles. The molecule has 0 atom stereocenters. The van der Waals surface area contributed by atoms with Crippen molar-refractivity contribution in [2.24, 2.45) is 0 Å². The molecule has 0 bridgehead atoms. The van der Waals surface area contributed by atoms with Gasteiger partial charge in [0.1, 0.15) is 0 Å². The number of hydrogen-bond donors (Lipinski definition) is 0. The van der Waals surface area contributed by atoms with Gasteiger partial charge >= 0.3 is 58.7 Å². The Morgan fingerprint density at radius 2 is 1.33 bits per heavy atom. The fraction of sp³-hybridized carbons (Fsp3) is 0. The Morgan fingerprint density at radius 3 is 1.33 bits per heavy atom. The summed E-state index contributed by atoms with van der Waals surface area (Å²) < 4.78 is 0. The van der Waals surface area contributed by atoms with Gasteiger partial charge in [-0.15, -0.1) is 0 Å². The molecule has 0 aromatic carbocycles. The minimum Gasteiger partial charge on any atom is -0.356 e. The molecular formula is LaMgNO3+4. The second-order valence-corrected chi connectivity index (χ2v) is 0.224. The standard InChI is InChI=1S/La.Mg.NO3/c;;2-1(3)4/q+3;+2;-1. The molecule has 0 saturated heterocycles. The van der Waals surface area contributed by atoms with Gasteiger partial charge < -0.3 is 15.3 Å². The van der Waals surface area contributed by atoms with Crippen molar-refractivity contribution in [3.8, 4) is 0 Å². The Morgan fingerprint density at radius 1 is 1.33 bits per heavy atom. The summed E-state index contributed by atoms with van der Waals surface area (Å²) in [5.41, 5.74) is 0. The molecule has 0 aliphatic rings. The summed E-state index contributed by atoms with van der Waals surface area (Å²) in [5.74, 6) is 0. The van der Waals surface area contributed by atoms with E-state index in [1.54, 1.807) is 0 Å². The van der Waals surface area contributed by atoms with Crippen LogP contribution in [0.5, 0.6) is 0 Å². The summed E-state index contributed by atoms with van der Waals surface area (Å²) in [5, 5.41) is 14.8. The molecule has 0 fully saturated rings. The van der Waals surface area contributed by atoms with Crippen LogP contribution in [0.3, 0.4) is 0 Å². The average molecular weight is 225 g/mol. The molecule has 6 heteroatoms. The monoisotopic (exact) mass is 225 g/mol. The summed E-state index contributed by atoms with van der Waals surface area (Å²) in [4.78, 5) is 8.25. The van der Waals surface area contributed by atoms with Crippen LogP contribution in [0, 0.1) is 50.9 Å². The summed E-state index contributed by atoms with van der Waals surface area (Å²) >= 11 is 0. The van der Waals surface area contributed by atoms with Gasteiger partial charge in [-0.25, -0.2) is 0 Å². The van der Waals surface area contributed by atoms with Crippen LogP contribution in [0.15, 0.2) is 0 Å². The first kappa shape index (κ1) is 15.7. The number of hydrogen-bond acceptors (Lipinski definition) is 3. The Balaban J connectivity index is -0.0000000450. The van der Waals surface area contributed by atoms with Crippen molar-refractivity contribution in [2.75, 3.05) is 0 Å². The average Bonchev–Trinajstić information content (AvgIpc) is 0.811. The Hall–Kier alpha value is 1.16. The molecule has 6 heavy (non-hydrogen) atoms. The predicted octanol–water partition coefficient (Wildman–Crippen LogP) is -0.620. The molecule has 24 valence electrons. The van der Waals surface area contributed by atoms with Crippen LogP contribution in [-0.2, 0) is 0 Å². The van der Waals surface area contributed by atoms with Crippen molar-refractivity contribution >= 4 is 23.1 Å². The van der Waals surface area contributed by atoms with Crippen LogP contribution in [0.25, 0.3) is 0 Å². The molecule has 0 aliphatic heterocycles. The molecule has 0 unspecified atom stereocenters. The molecule has 0 radical (unpaired) electrons. The molecule has 0 amide bonds. The van der Waals surface area contributed by atoms with E-state index < -0.39 is 5.09 Å². The second kappa shape index (κ2) is 9.48. The van der Waals surface area contributed by atoms with Crippen molar-refractivity contribution in [3.63, 3.8) is 0 Å². The van der Waals surface area contributed by atoms with Crippen molar-refractivity contribution < 1.29 is 40.7 Å². The van der Waals surface area contributed by atoms with Crippen molar-refractivity contribution in [1.82, 2.24) is 0 Å². The van der Waals surface area contributed by atoms with Crippen LogP contribution in [0.1, 0.15) is 0 Å². The van der Waals surface area contributed by atoms with Crippen LogP contribution in [0.2, 0.25) is 0 Å². The van der Waals surface area contributed by atoms with Gasteiger partial charge in [-0.1, -0.05) is 0 Å². The third kappa shape index (κ3) is 66.3. The van der Waals surface area contributed by atoms with Crippen LogP contribution >= 0.6 is 0 Å². The SMILES string of the molecule is O=[N+]([O-])[O-].[La+3].[Mg+2]. The van der Waals surface area contributed by atoms with E-state index in [2.05, 4.69) is 0 Å². The molecule has 0 aromatic heterocycles. The van der Waals surface area contributed by atoms with Crippen LogP contribution in [-0.4, -0.2) is 28.1 Å². The quantitative estimate of drug-likeness (QED) is 0.313. The van der Waals surface area contributed by atoms with Crippen LogP contribution < -0.4 is 0 Å². The van der Waals surface area contributed by atoms with Gasteiger partial charge in [0.05, 0.1) is 5.09 Å². The Labute approximate surface area is 78.1 Å². The van der Waals surface area contributed by atoms with E-state index in [1.165, 1.54) is 0 Å². The largest absolute Gasteiger partial charge is 3.00 e. The minimum atomic E-state index is -1.75. The first-order valence-corrected chi connectivity index (χ1v) is 0.548. The van der Waals surface area contributed by atoms with Crippen molar-refractivity contribution in [1.29, 1.82) is 0 Å². The summed E-state index contributed by atoms with van der Waals surface area (Å²) in [6.07, 6.45) is 0. The second-order valence-electron chi connectivity index (χ2n) is 0.224. The summed E-state index contributed by atoms with van der Waals surface area (Å²) in [7, 11) is 0. The fourth-order valence-electron chi connectivity index (χ4n) is 0. The van der Waals surface area contributed by atoms with E-state index in [9.17, 15) is 0 Å². The van der Waals surface area contributed by atoms with E-state index in [0.717, 1.165) is 0 Å². The van der Waals surface area contributed by atoms with Gasteiger partial charge in [0.15, 0.2) is 0 Å². The molecule has 0 rings (SSSR count). The maximum atomic E-state index is 8.25. The molecule has 0 N–H and O–H groups in total. The van der Waals surface area contributed by atoms with Gasteiger partial charge in [0, 0.05) is 0 Å². The molecule has 0 aliphatic carbocycles. The van der Waals surface area contributed by atoms with E-state index in [4.69, 9.17) is 15.3 Å². The molecule has 4 nitrogen and oxygen atoms in total. The Kier molecular flexibility index (Phi) is 24.8. The van der Waals surface area contributed by atoms with Gasteiger partial charge in [0.25, 0.3) is 0 Å². The molecular weight excluding hydrogens is 225 g/mol. The number of nitrogens with zero attached hydrogens (tertiary/aromatic N) is 1. The zero-order valence-electron chi connectivity index (χ0n) is 2.96. The number of rotatable bonds is 0. The third-order valence-corrected chi connectivity index (χ3v) is 0. The third-order valence-electron chi connectivity index (χ3n) is 0. The maximum Gasteiger partial charge on any atom is 3.00 e. The first-order chi connectivity index (χ1) is 1.73. The smallest absolute Gasteiger partial charge is 0.356 e. The zero-order valence-corrected chi connectivity index (χ0v) is 8.00. The molecule has 0 aromatic rings. The van der Waals surface area contributed by atoms with E-state index in [1.807, 2.05) is 0 Å². The molecule has 0 spiro atoms. The maximum absolute atomic E-state index is 8.25. The van der Waals surface area contributed by atoms with Gasteiger partial charge in [-0.3, -0.25) is 0 Å². The normalized spacial score (nSPS) is 4.00. The van der Waals surface area contributed by atoms with Crippen molar-refractivity contribution in [2.45, 2.75) is 0 Å². The van der Waals surface area contributed by atoms with E-state index in [0.29, 0.717) is 0 Å². The zero-order chi connectivity index (χ0) is 3.58. The van der Waals surface area contributed by atoms with E-state index in [-0.39, 0.29) is 58.7 Å². The Bertz CT molecular complexity index is 33.8. The summed E-state index contributed by atoms with van der Waals surface area (Å²) in [6.45, 7) is 0. The van der Waals surface area contributed by atoms with Gasteiger partial charge in [0.2, 0.25) is 0 Å². The van der Waals surface area contributed by atoms with Gasteiger partial charge in [-0.2, -0.15) is 0 Å². The minimum absolute atomic E-state index is 0. The van der Waals surface area contributed by atoms with Crippen molar-refractivity contribution in [3.05, 3.63) is 15.3 Å². The molecule has 0 saturated carbocycles. The van der Waals surface area contributed by atoms with Gasteiger partial charge in [-0.05, 0) is 0 Å². The first-order valence-electron chi connectivity index (χ1n) is 0.548. The topological polar surface area (TPSA) is 66.2 Å². The van der Waals surface area contributed by atoms with E-state index >= 15 is 0 Å². The fourth-order valence-corrected chi connectivity index (χ4v) is 0. The summed E-state index contributed by atoms with van der Waals surface area (Å²) in [6, 6.07) is 0. The van der Waals surface area contributed by atoms with Crippen LogP contribution in [0.4, 0.5) is 0 Å².